The van der Waals surface area contributed by atoms with Crippen molar-refractivity contribution in [3.8, 4) is 0 Å². The molecule has 8 heteroatoms. The molecule has 2 N–H and O–H groups in total. The molecule has 2 fully saturated rings. The average Bonchev–Trinajstić information content (AvgIpc) is 2.52. The SMILES string of the molecule is CN1C[C@H]2CCC[C@@H](C1)[C@@]2(OCC(F)(F)F)c1cccc(C(N)=O)c1.Cl. The molecule has 3 rings (SSSR count). The van der Waals surface area contributed by atoms with Crippen LogP contribution in [0.2, 0.25) is 0 Å². The number of primary amides is 1. The number of likely N-dealkylation sites (tertiary alicyclic amines) is 1. The lowest BCUT2D eigenvalue weighted by atomic mass is 9.62. The van der Waals surface area contributed by atoms with E-state index >= 15 is 0 Å². The lowest BCUT2D eigenvalue weighted by Crippen LogP contribution is -2.59. The van der Waals surface area contributed by atoms with E-state index in [0.29, 0.717) is 24.2 Å². The van der Waals surface area contributed by atoms with Crippen molar-refractivity contribution in [2.45, 2.75) is 31.0 Å². The van der Waals surface area contributed by atoms with E-state index in [-0.39, 0.29) is 24.2 Å². The second kappa shape index (κ2) is 7.74. The van der Waals surface area contributed by atoms with Crippen LogP contribution in [-0.4, -0.2) is 43.7 Å². The monoisotopic (exact) mass is 392 g/mol. The predicted octanol–water partition coefficient (Wildman–Crippen LogP) is 3.34. The highest BCUT2D eigenvalue weighted by molar-refractivity contribution is 5.92. The topological polar surface area (TPSA) is 55.6 Å². The normalized spacial score (nSPS) is 29.1. The Kier molecular flexibility index (Phi) is 6.25. The highest BCUT2D eigenvalue weighted by Gasteiger charge is 2.54. The van der Waals surface area contributed by atoms with Gasteiger partial charge in [0.05, 0.1) is 0 Å². The Labute approximate surface area is 157 Å². The maximum atomic E-state index is 12.9. The first-order valence-corrected chi connectivity index (χ1v) is 8.52. The molecular weight excluding hydrogens is 369 g/mol. The number of piperidine rings is 1. The molecule has 0 aromatic heterocycles. The fraction of sp³-hybridized carbons (Fsp3) is 0.611. The van der Waals surface area contributed by atoms with Gasteiger partial charge in [0, 0.05) is 30.5 Å². The molecule has 1 aromatic carbocycles. The van der Waals surface area contributed by atoms with Gasteiger partial charge in [-0.05, 0) is 37.6 Å². The quantitative estimate of drug-likeness (QED) is 0.855. The lowest BCUT2D eigenvalue weighted by Gasteiger charge is -2.55. The van der Waals surface area contributed by atoms with Crippen molar-refractivity contribution < 1.29 is 22.7 Å². The first-order chi connectivity index (χ1) is 11.7. The minimum Gasteiger partial charge on any atom is -0.366 e. The molecule has 0 spiro atoms. The van der Waals surface area contributed by atoms with Gasteiger partial charge < -0.3 is 15.4 Å². The van der Waals surface area contributed by atoms with Crippen LogP contribution in [0.1, 0.15) is 35.2 Å². The van der Waals surface area contributed by atoms with E-state index in [1.165, 1.54) is 0 Å². The number of alkyl halides is 3. The van der Waals surface area contributed by atoms with Gasteiger partial charge in [0.25, 0.3) is 0 Å². The van der Waals surface area contributed by atoms with Gasteiger partial charge in [-0.3, -0.25) is 4.79 Å². The number of carbonyl (C=O) groups excluding carboxylic acids is 1. The zero-order valence-electron chi connectivity index (χ0n) is 14.6. The summed E-state index contributed by atoms with van der Waals surface area (Å²) >= 11 is 0. The summed E-state index contributed by atoms with van der Waals surface area (Å²) in [5, 5.41) is 0. The van der Waals surface area contributed by atoms with Crippen molar-refractivity contribution in [1.29, 1.82) is 0 Å². The van der Waals surface area contributed by atoms with Crippen LogP contribution in [0.5, 0.6) is 0 Å². The van der Waals surface area contributed by atoms with Gasteiger partial charge in [-0.15, -0.1) is 12.4 Å². The van der Waals surface area contributed by atoms with Crippen LogP contribution in [0, 0.1) is 11.8 Å². The van der Waals surface area contributed by atoms with Gasteiger partial charge in [-0.1, -0.05) is 18.6 Å². The minimum absolute atomic E-state index is 0. The van der Waals surface area contributed by atoms with Crippen molar-refractivity contribution in [2.24, 2.45) is 17.6 Å². The van der Waals surface area contributed by atoms with E-state index in [1.807, 2.05) is 7.05 Å². The first-order valence-electron chi connectivity index (χ1n) is 8.52. The van der Waals surface area contributed by atoms with E-state index in [9.17, 15) is 18.0 Å². The predicted molar refractivity (Wildman–Crippen MR) is 94.2 cm³/mol. The molecule has 1 saturated carbocycles. The molecule has 3 atom stereocenters. The molecule has 0 radical (unpaired) electrons. The Balaban J connectivity index is 0.00000243. The molecule has 1 saturated heterocycles. The summed E-state index contributed by atoms with van der Waals surface area (Å²) in [6.07, 6.45) is -1.80. The number of ether oxygens (including phenoxy) is 1. The third kappa shape index (κ3) is 4.00. The average molecular weight is 393 g/mol. The zero-order valence-corrected chi connectivity index (χ0v) is 15.4. The zero-order chi connectivity index (χ0) is 18.2. The Hall–Kier alpha value is -1.31. The standard InChI is InChI=1S/C18H23F3N2O2.ClH/c1-23-9-14-6-3-7-15(10-23)18(14,25-11-17(19,20)21)13-5-2-4-12(8-13)16(22)24;/h2,4-5,8,14-15H,3,6-7,9-11H2,1H3,(H2,22,24);1H/t14-,15+,18-;. The number of nitrogens with two attached hydrogens (primary N) is 1. The van der Waals surface area contributed by atoms with Crippen LogP contribution in [0.25, 0.3) is 0 Å². The largest absolute Gasteiger partial charge is 0.411 e. The minimum atomic E-state index is -4.40. The molecule has 1 aromatic rings. The highest BCUT2D eigenvalue weighted by atomic mass is 35.5. The fourth-order valence-corrected chi connectivity index (χ4v) is 4.56. The van der Waals surface area contributed by atoms with E-state index in [4.69, 9.17) is 10.5 Å². The third-order valence-electron chi connectivity index (χ3n) is 5.46. The molecule has 0 unspecified atom stereocenters. The highest BCUT2D eigenvalue weighted by Crippen LogP contribution is 2.52. The van der Waals surface area contributed by atoms with Crippen molar-refractivity contribution in [3.05, 3.63) is 35.4 Å². The van der Waals surface area contributed by atoms with Gasteiger partial charge in [0.2, 0.25) is 5.91 Å². The second-order valence-corrected chi connectivity index (χ2v) is 7.19. The molecule has 1 amide bonds. The van der Waals surface area contributed by atoms with Gasteiger partial charge in [0.15, 0.2) is 0 Å². The fourth-order valence-electron chi connectivity index (χ4n) is 4.56. The Morgan fingerprint density at radius 3 is 2.46 bits per heavy atom. The number of halogens is 4. The van der Waals surface area contributed by atoms with E-state index < -0.39 is 24.3 Å². The summed E-state index contributed by atoms with van der Waals surface area (Å²) in [5.74, 6) is -0.683. The second-order valence-electron chi connectivity index (χ2n) is 7.19. The van der Waals surface area contributed by atoms with E-state index in [1.54, 1.807) is 24.3 Å². The molecule has 1 aliphatic carbocycles. The first kappa shape index (κ1) is 21.0. The summed E-state index contributed by atoms with van der Waals surface area (Å²) in [6.45, 7) is 0.0643. The molecule has 2 bridgehead atoms. The summed E-state index contributed by atoms with van der Waals surface area (Å²) in [6, 6.07) is 6.62. The summed E-state index contributed by atoms with van der Waals surface area (Å²) in [5.41, 5.74) is 5.28. The molecule has 146 valence electrons. The van der Waals surface area contributed by atoms with Crippen molar-refractivity contribution in [2.75, 3.05) is 26.7 Å². The Morgan fingerprint density at radius 1 is 1.31 bits per heavy atom. The van der Waals surface area contributed by atoms with Crippen molar-refractivity contribution in [1.82, 2.24) is 4.90 Å². The van der Waals surface area contributed by atoms with Crippen molar-refractivity contribution in [3.63, 3.8) is 0 Å². The van der Waals surface area contributed by atoms with E-state index in [0.717, 1.165) is 19.3 Å². The van der Waals surface area contributed by atoms with Crippen LogP contribution >= 0.6 is 12.4 Å². The van der Waals surface area contributed by atoms with Gasteiger partial charge in [-0.25, -0.2) is 0 Å². The van der Waals surface area contributed by atoms with Crippen LogP contribution < -0.4 is 5.73 Å². The number of hydrogen-bond donors (Lipinski definition) is 1. The number of carbonyl (C=O) groups is 1. The number of benzene rings is 1. The third-order valence-corrected chi connectivity index (χ3v) is 5.46. The van der Waals surface area contributed by atoms with Crippen LogP contribution in [0.3, 0.4) is 0 Å². The molecular formula is C18H24ClF3N2O2. The van der Waals surface area contributed by atoms with E-state index in [2.05, 4.69) is 4.90 Å². The number of fused-ring (bicyclic) bond motifs is 2. The summed E-state index contributed by atoms with van der Waals surface area (Å²) < 4.78 is 44.5. The Morgan fingerprint density at radius 2 is 1.92 bits per heavy atom. The van der Waals surface area contributed by atoms with Crippen molar-refractivity contribution >= 4 is 18.3 Å². The number of rotatable bonds is 4. The van der Waals surface area contributed by atoms with Crippen LogP contribution in [0.15, 0.2) is 24.3 Å². The number of nitrogens with zero attached hydrogens (tertiary/aromatic N) is 1. The summed E-state index contributed by atoms with van der Waals surface area (Å²) in [7, 11) is 1.98. The van der Waals surface area contributed by atoms with Gasteiger partial charge in [-0.2, -0.15) is 13.2 Å². The number of amides is 1. The molecule has 1 heterocycles. The maximum absolute atomic E-state index is 12.9. The smallest absolute Gasteiger partial charge is 0.366 e. The Bertz CT molecular complexity index is 640. The van der Waals surface area contributed by atoms with Crippen LogP contribution in [-0.2, 0) is 10.3 Å². The molecule has 1 aliphatic heterocycles. The molecule has 4 nitrogen and oxygen atoms in total. The van der Waals surface area contributed by atoms with Gasteiger partial charge in [0.1, 0.15) is 12.2 Å². The molecule has 26 heavy (non-hydrogen) atoms. The summed E-state index contributed by atoms with van der Waals surface area (Å²) in [4.78, 5) is 13.7. The maximum Gasteiger partial charge on any atom is 0.411 e. The lowest BCUT2D eigenvalue weighted by molar-refractivity contribution is -0.251. The molecule has 2 aliphatic rings. The van der Waals surface area contributed by atoms with Crippen LogP contribution in [0.4, 0.5) is 13.2 Å². The van der Waals surface area contributed by atoms with Gasteiger partial charge >= 0.3 is 6.18 Å². The number of hydrogen-bond acceptors (Lipinski definition) is 3.